The maximum atomic E-state index is 12.2. The summed E-state index contributed by atoms with van der Waals surface area (Å²) in [6, 6.07) is 0.571. The van der Waals surface area contributed by atoms with Crippen LogP contribution in [0.1, 0.15) is 52.4 Å². The van der Waals surface area contributed by atoms with Gasteiger partial charge in [-0.25, -0.2) is 4.79 Å². The van der Waals surface area contributed by atoms with Crippen molar-refractivity contribution in [2.45, 2.75) is 64.5 Å². The van der Waals surface area contributed by atoms with Gasteiger partial charge in [0, 0.05) is 31.6 Å². The standard InChI is InChI=1S/C21H33N3O2/c1-20-11-9-15-13(14(20)6-7-16(20)23-19(26)22-3)5-8-17-21(15,2)12-10-18(25)24(17)4/h10,12-17H,5-9,11H2,1-4H3,(H2,22,23,26)/t13-,14-,15-,16?,17+,20-,21+/m0/s1. The van der Waals surface area contributed by atoms with E-state index in [9.17, 15) is 9.59 Å². The zero-order valence-electron chi connectivity index (χ0n) is 16.5. The van der Waals surface area contributed by atoms with Crippen LogP contribution in [0.4, 0.5) is 4.79 Å². The lowest BCUT2D eigenvalue weighted by Crippen LogP contribution is -2.60. The van der Waals surface area contributed by atoms with Crippen LogP contribution < -0.4 is 10.6 Å². The van der Waals surface area contributed by atoms with Crippen molar-refractivity contribution in [1.29, 1.82) is 0 Å². The smallest absolute Gasteiger partial charge is 0.314 e. The molecule has 1 heterocycles. The zero-order valence-corrected chi connectivity index (χ0v) is 16.5. The van der Waals surface area contributed by atoms with Crippen LogP contribution in [0.3, 0.4) is 0 Å². The molecular weight excluding hydrogens is 326 g/mol. The first-order valence-electron chi connectivity index (χ1n) is 10.3. The highest BCUT2D eigenvalue weighted by Crippen LogP contribution is 2.63. The third kappa shape index (κ3) is 2.35. The van der Waals surface area contributed by atoms with Crippen molar-refractivity contribution in [3.63, 3.8) is 0 Å². The largest absolute Gasteiger partial charge is 0.341 e. The predicted octanol–water partition coefficient (Wildman–Crippen LogP) is 2.92. The Morgan fingerprint density at radius 1 is 1.15 bits per heavy atom. The lowest BCUT2D eigenvalue weighted by molar-refractivity contribution is -0.138. The molecule has 3 aliphatic carbocycles. The van der Waals surface area contributed by atoms with Gasteiger partial charge in [-0.3, -0.25) is 4.79 Å². The van der Waals surface area contributed by atoms with Gasteiger partial charge in [0.15, 0.2) is 0 Å². The topological polar surface area (TPSA) is 61.4 Å². The average Bonchev–Trinajstić information content (AvgIpc) is 2.95. The molecule has 5 nitrogen and oxygen atoms in total. The molecule has 3 saturated carbocycles. The molecule has 3 fully saturated rings. The number of nitrogens with one attached hydrogen (secondary N) is 2. The summed E-state index contributed by atoms with van der Waals surface area (Å²) in [4.78, 5) is 26.0. The summed E-state index contributed by atoms with van der Waals surface area (Å²) in [6.07, 6.45) is 11.0. The van der Waals surface area contributed by atoms with Gasteiger partial charge < -0.3 is 15.5 Å². The molecular formula is C21H33N3O2. The van der Waals surface area contributed by atoms with E-state index in [0.717, 1.165) is 12.8 Å². The number of carbonyl (C=O) groups is 2. The number of likely N-dealkylation sites (N-methyl/N-ethyl adjacent to an activating group) is 1. The Balaban J connectivity index is 1.60. The number of rotatable bonds is 1. The molecule has 1 aliphatic heterocycles. The van der Waals surface area contributed by atoms with Gasteiger partial charge in [-0.2, -0.15) is 0 Å². The Kier molecular flexibility index (Phi) is 4.12. The van der Waals surface area contributed by atoms with Gasteiger partial charge in [-0.1, -0.05) is 19.9 Å². The monoisotopic (exact) mass is 359 g/mol. The average molecular weight is 360 g/mol. The molecule has 0 radical (unpaired) electrons. The normalized spacial score (nSPS) is 47.0. The fourth-order valence-corrected chi connectivity index (χ4v) is 7.21. The molecule has 0 spiro atoms. The van der Waals surface area contributed by atoms with Crippen LogP contribution in [-0.4, -0.2) is 43.0 Å². The van der Waals surface area contributed by atoms with Gasteiger partial charge in [0.05, 0.1) is 0 Å². The van der Waals surface area contributed by atoms with Crippen LogP contribution in [0.15, 0.2) is 12.2 Å². The van der Waals surface area contributed by atoms with Crippen LogP contribution in [-0.2, 0) is 4.79 Å². The highest BCUT2D eigenvalue weighted by Gasteiger charge is 2.60. The number of urea groups is 1. The molecule has 4 aliphatic rings. The Hall–Kier alpha value is -1.52. The Bertz CT molecular complexity index is 647. The SMILES string of the molecule is CNC(=O)NC1CC[C@H]2[C@@H]3CC[C@H]4N(C)C(=O)C=C[C@]4(C)[C@H]3CC[C@]12C. The Morgan fingerprint density at radius 2 is 1.92 bits per heavy atom. The van der Waals surface area contributed by atoms with E-state index in [1.54, 1.807) is 13.1 Å². The molecule has 0 bridgehead atoms. The number of carbonyl (C=O) groups excluding carboxylic acids is 2. The third-order valence-electron chi connectivity index (χ3n) is 8.66. The summed E-state index contributed by atoms with van der Waals surface area (Å²) in [5.41, 5.74) is 0.302. The van der Waals surface area contributed by atoms with Gasteiger partial charge in [0.25, 0.3) is 0 Å². The molecule has 5 heteroatoms. The van der Waals surface area contributed by atoms with Crippen LogP contribution in [0.25, 0.3) is 0 Å². The minimum Gasteiger partial charge on any atom is -0.341 e. The van der Waals surface area contributed by atoms with Crippen LogP contribution in [0, 0.1) is 28.6 Å². The van der Waals surface area contributed by atoms with Crippen LogP contribution in [0.5, 0.6) is 0 Å². The number of amides is 3. The number of nitrogens with zero attached hydrogens (tertiary/aromatic N) is 1. The van der Waals surface area contributed by atoms with Crippen LogP contribution >= 0.6 is 0 Å². The lowest BCUT2D eigenvalue weighted by Gasteiger charge is -2.60. The highest BCUT2D eigenvalue weighted by atomic mass is 16.2. The molecule has 26 heavy (non-hydrogen) atoms. The van der Waals surface area contributed by atoms with E-state index < -0.39 is 0 Å². The number of hydrogen-bond donors (Lipinski definition) is 2. The zero-order chi connectivity index (χ0) is 18.7. The molecule has 0 aromatic heterocycles. The van der Waals surface area contributed by atoms with E-state index in [-0.39, 0.29) is 28.8 Å². The second-order valence-corrected chi connectivity index (χ2v) is 9.52. The van der Waals surface area contributed by atoms with Gasteiger partial charge in [0.2, 0.25) is 5.91 Å². The summed E-state index contributed by atoms with van der Waals surface area (Å²) in [5, 5.41) is 5.94. The lowest BCUT2D eigenvalue weighted by atomic mass is 9.48. The van der Waals surface area contributed by atoms with E-state index in [0.29, 0.717) is 23.8 Å². The molecule has 3 amide bonds. The predicted molar refractivity (Wildman–Crippen MR) is 101 cm³/mol. The maximum Gasteiger partial charge on any atom is 0.314 e. The summed E-state index contributed by atoms with van der Waals surface area (Å²) in [5.74, 6) is 2.18. The van der Waals surface area contributed by atoms with E-state index >= 15 is 0 Å². The second-order valence-electron chi connectivity index (χ2n) is 9.52. The first-order chi connectivity index (χ1) is 12.3. The summed E-state index contributed by atoms with van der Waals surface area (Å²) in [7, 11) is 3.66. The molecule has 0 aromatic rings. The van der Waals surface area contributed by atoms with E-state index in [1.807, 2.05) is 11.9 Å². The third-order valence-corrected chi connectivity index (χ3v) is 8.66. The number of fused-ring (bicyclic) bond motifs is 5. The minimum atomic E-state index is -0.0509. The maximum absolute atomic E-state index is 12.2. The quantitative estimate of drug-likeness (QED) is 0.756. The minimum absolute atomic E-state index is 0.0509. The highest BCUT2D eigenvalue weighted by molar-refractivity contribution is 5.89. The molecule has 7 atom stereocenters. The molecule has 2 N–H and O–H groups in total. The van der Waals surface area contributed by atoms with Crippen molar-refractivity contribution in [2.24, 2.45) is 28.6 Å². The van der Waals surface area contributed by atoms with E-state index in [1.165, 1.54) is 25.7 Å². The van der Waals surface area contributed by atoms with Crippen molar-refractivity contribution in [3.05, 3.63) is 12.2 Å². The van der Waals surface area contributed by atoms with Crippen molar-refractivity contribution in [3.8, 4) is 0 Å². The first-order valence-corrected chi connectivity index (χ1v) is 10.3. The van der Waals surface area contributed by atoms with Gasteiger partial charge in [-0.05, 0) is 67.8 Å². The fourth-order valence-electron chi connectivity index (χ4n) is 7.21. The van der Waals surface area contributed by atoms with Crippen molar-refractivity contribution in [1.82, 2.24) is 15.5 Å². The summed E-state index contributed by atoms with van der Waals surface area (Å²) >= 11 is 0. The van der Waals surface area contributed by atoms with E-state index in [4.69, 9.17) is 0 Å². The Morgan fingerprint density at radius 3 is 2.65 bits per heavy atom. The van der Waals surface area contributed by atoms with Crippen molar-refractivity contribution < 1.29 is 9.59 Å². The molecule has 4 rings (SSSR count). The fraction of sp³-hybridized carbons (Fsp3) is 0.810. The van der Waals surface area contributed by atoms with Crippen LogP contribution in [0.2, 0.25) is 0 Å². The van der Waals surface area contributed by atoms with Crippen molar-refractivity contribution >= 4 is 11.9 Å². The van der Waals surface area contributed by atoms with Gasteiger partial charge in [-0.15, -0.1) is 0 Å². The number of hydrogen-bond acceptors (Lipinski definition) is 2. The molecule has 0 aromatic carbocycles. The first kappa shape index (κ1) is 17.9. The molecule has 144 valence electrons. The van der Waals surface area contributed by atoms with E-state index in [2.05, 4.69) is 30.6 Å². The van der Waals surface area contributed by atoms with Crippen molar-refractivity contribution in [2.75, 3.05) is 14.1 Å². The summed E-state index contributed by atoms with van der Waals surface area (Å²) < 4.78 is 0. The Labute approximate surface area is 157 Å². The molecule has 0 saturated heterocycles. The second kappa shape index (κ2) is 6.00. The van der Waals surface area contributed by atoms with Gasteiger partial charge >= 0.3 is 6.03 Å². The molecule has 1 unspecified atom stereocenters. The summed E-state index contributed by atoms with van der Waals surface area (Å²) in [6.45, 7) is 4.79. The van der Waals surface area contributed by atoms with Gasteiger partial charge in [0.1, 0.15) is 0 Å².